The fraction of sp³-hybridized carbons (Fsp3) is 0.444. The van der Waals surface area contributed by atoms with E-state index in [0.717, 1.165) is 0 Å². The molecule has 0 radical (unpaired) electrons. The third-order valence-corrected chi connectivity index (χ3v) is 4.72. The zero-order valence-electron chi connectivity index (χ0n) is 18.3. The Morgan fingerprint density at radius 2 is 0.848 bits per heavy atom. The Bertz CT molecular complexity index is 940. The number of rotatable bonds is 0. The molecule has 0 aliphatic rings. The first-order chi connectivity index (χ1) is 13.9. The fourth-order valence-corrected chi connectivity index (χ4v) is 1.90. The van der Waals surface area contributed by atoms with E-state index in [1.807, 2.05) is 0 Å². The molecule has 33 heavy (non-hydrogen) atoms. The Morgan fingerprint density at radius 3 is 0.879 bits per heavy atom. The quantitative estimate of drug-likeness (QED) is 0.186. The van der Waals surface area contributed by atoms with E-state index in [9.17, 15) is 26.3 Å². The SMILES string of the molecule is Cc1cc(C)[c-](C)c1.Cc1cc(C)[c-](C)c1.O=S(=O)([O-])C(F)(F)F.O=S(=O)([O-])C(F)(F)F.[Zr+4]. The van der Waals surface area contributed by atoms with Crippen molar-refractivity contribution in [1.82, 2.24) is 0 Å². The van der Waals surface area contributed by atoms with Gasteiger partial charge in [0.2, 0.25) is 0 Å². The predicted octanol–water partition coefficient (Wildman–Crippen LogP) is 4.76. The van der Waals surface area contributed by atoms with Gasteiger partial charge in [-0.1, -0.05) is 41.5 Å². The summed E-state index contributed by atoms with van der Waals surface area (Å²) < 4.78 is 118. The summed E-state index contributed by atoms with van der Waals surface area (Å²) in [6.07, 6.45) is 0. The van der Waals surface area contributed by atoms with Gasteiger partial charge in [-0.05, 0) is 0 Å². The minimum atomic E-state index is -6.09. The molecule has 2 aromatic carbocycles. The molecule has 0 N–H and O–H groups in total. The van der Waals surface area contributed by atoms with Gasteiger partial charge >= 0.3 is 37.2 Å². The van der Waals surface area contributed by atoms with Gasteiger partial charge in [0.1, 0.15) is 0 Å². The largest absolute Gasteiger partial charge is 4.00 e. The van der Waals surface area contributed by atoms with Crippen molar-refractivity contribution in [2.45, 2.75) is 52.6 Å². The topological polar surface area (TPSA) is 114 Å². The Balaban J connectivity index is -0.000000360. The van der Waals surface area contributed by atoms with Gasteiger partial charge in [-0.2, -0.15) is 60.7 Å². The van der Waals surface area contributed by atoms with Gasteiger partial charge in [0.15, 0.2) is 20.2 Å². The molecule has 0 saturated carbocycles. The van der Waals surface area contributed by atoms with E-state index in [1.54, 1.807) is 0 Å². The molecule has 0 unspecified atom stereocenters. The number of hydrogen-bond acceptors (Lipinski definition) is 6. The van der Waals surface area contributed by atoms with Crippen LogP contribution in [0.2, 0.25) is 0 Å². The van der Waals surface area contributed by atoms with Crippen LogP contribution < -0.4 is 0 Å². The van der Waals surface area contributed by atoms with Crippen molar-refractivity contribution in [3.8, 4) is 0 Å². The summed E-state index contributed by atoms with van der Waals surface area (Å²) in [6, 6.07) is 8.81. The molecular weight excluding hydrogens is 582 g/mol. The standard InChI is InChI=1S/2C8H11.2CHF3O3S.Zr/c2*1-6-4-7(2)8(3)5-6;2*2-1(3,4)8(5,6)7;/h2*4-5H,1-3H3;2*(H,5,6,7);/q2*-1;;;+4/p-2. The second kappa shape index (κ2) is 13.8. The Hall–Kier alpha value is -1.02. The summed E-state index contributed by atoms with van der Waals surface area (Å²) >= 11 is 0. The van der Waals surface area contributed by atoms with E-state index >= 15 is 0 Å². The van der Waals surface area contributed by atoms with Crippen LogP contribution in [0, 0.1) is 41.5 Å². The van der Waals surface area contributed by atoms with Crippen molar-refractivity contribution in [3.63, 3.8) is 0 Å². The molecule has 188 valence electrons. The second-order valence-electron chi connectivity index (χ2n) is 6.60. The zero-order chi connectivity index (χ0) is 26.3. The van der Waals surface area contributed by atoms with Gasteiger partial charge in [-0.3, -0.25) is 0 Å². The van der Waals surface area contributed by atoms with Crippen LogP contribution in [0.5, 0.6) is 0 Å². The average molecular weight is 604 g/mol. The van der Waals surface area contributed by atoms with Gasteiger partial charge < -0.3 is 9.11 Å². The van der Waals surface area contributed by atoms with Gasteiger partial charge in [0.25, 0.3) is 0 Å². The molecule has 6 nitrogen and oxygen atoms in total. The van der Waals surface area contributed by atoms with Crippen LogP contribution in [0.1, 0.15) is 33.4 Å². The molecule has 0 atom stereocenters. The van der Waals surface area contributed by atoms with E-state index in [1.165, 1.54) is 33.4 Å². The molecule has 0 aromatic heterocycles. The summed E-state index contributed by atoms with van der Waals surface area (Å²) in [5.74, 6) is 0. The average Bonchev–Trinajstić information content (AvgIpc) is 2.96. The Morgan fingerprint density at radius 1 is 0.667 bits per heavy atom. The zero-order valence-corrected chi connectivity index (χ0v) is 22.4. The molecule has 0 saturated heterocycles. The van der Waals surface area contributed by atoms with E-state index in [-0.39, 0.29) is 26.2 Å². The van der Waals surface area contributed by atoms with Gasteiger partial charge in [-0.25, -0.2) is 40.1 Å². The first-order valence-corrected chi connectivity index (χ1v) is 11.2. The minimum Gasteiger partial charge on any atom is -0.741 e. The van der Waals surface area contributed by atoms with Crippen LogP contribution in [0.15, 0.2) is 24.3 Å². The maximum Gasteiger partial charge on any atom is 4.00 e. The number of alkyl halides is 6. The maximum atomic E-state index is 10.7. The van der Waals surface area contributed by atoms with Gasteiger partial charge in [0, 0.05) is 0 Å². The Kier molecular flexibility index (Phi) is 15.2. The van der Waals surface area contributed by atoms with Gasteiger partial charge in [-0.15, -0.1) is 0 Å². The van der Waals surface area contributed by atoms with Crippen LogP contribution in [-0.2, 0) is 46.4 Å². The third-order valence-electron chi connectivity index (χ3n) is 3.59. The van der Waals surface area contributed by atoms with E-state index in [0.29, 0.717) is 0 Å². The number of halogens is 6. The van der Waals surface area contributed by atoms with E-state index in [2.05, 4.69) is 65.8 Å². The molecule has 0 amide bonds. The first kappa shape index (κ1) is 36.5. The van der Waals surface area contributed by atoms with Crippen LogP contribution in [0.3, 0.4) is 0 Å². The van der Waals surface area contributed by atoms with Crippen molar-refractivity contribution in [2.24, 2.45) is 0 Å². The van der Waals surface area contributed by atoms with Crippen molar-refractivity contribution in [3.05, 3.63) is 57.6 Å². The maximum absolute atomic E-state index is 10.7. The molecule has 2 rings (SSSR count). The van der Waals surface area contributed by atoms with Crippen molar-refractivity contribution in [1.29, 1.82) is 0 Å². The second-order valence-corrected chi connectivity index (χ2v) is 9.34. The summed E-state index contributed by atoms with van der Waals surface area (Å²) in [5, 5.41) is 0. The normalized spacial score (nSPS) is 11.6. The molecule has 0 heterocycles. The van der Waals surface area contributed by atoms with Crippen LogP contribution in [0.25, 0.3) is 0 Å². The number of aryl methyl sites for hydroxylation is 6. The molecule has 15 heteroatoms. The van der Waals surface area contributed by atoms with Crippen LogP contribution in [-0.4, -0.2) is 37.0 Å². The van der Waals surface area contributed by atoms with Crippen LogP contribution in [0.4, 0.5) is 26.3 Å². The molecule has 0 bridgehead atoms. The molecule has 0 fully saturated rings. The van der Waals surface area contributed by atoms with Crippen molar-refractivity contribution in [2.75, 3.05) is 0 Å². The molecule has 0 aliphatic heterocycles. The number of hydrogen-bond donors (Lipinski definition) is 0. The minimum absolute atomic E-state index is 0. The molecular formula is C18H22F6O6S2Zr. The third kappa shape index (κ3) is 15.5. The summed E-state index contributed by atoms with van der Waals surface area (Å²) in [5.41, 5.74) is -2.92. The monoisotopic (exact) mass is 602 g/mol. The van der Waals surface area contributed by atoms with Crippen molar-refractivity contribution >= 4 is 20.2 Å². The fourth-order valence-electron chi connectivity index (χ4n) is 1.90. The Labute approximate surface area is 208 Å². The van der Waals surface area contributed by atoms with E-state index < -0.39 is 31.3 Å². The summed E-state index contributed by atoms with van der Waals surface area (Å²) in [4.78, 5) is 0. The predicted molar refractivity (Wildman–Crippen MR) is 104 cm³/mol. The van der Waals surface area contributed by atoms with Crippen molar-refractivity contribution < 1.29 is 78.5 Å². The summed E-state index contributed by atoms with van der Waals surface area (Å²) in [6.45, 7) is 12.8. The summed E-state index contributed by atoms with van der Waals surface area (Å²) in [7, 11) is -12.2. The first-order valence-electron chi connectivity index (χ1n) is 8.35. The molecule has 0 spiro atoms. The smallest absolute Gasteiger partial charge is 0.741 e. The van der Waals surface area contributed by atoms with E-state index in [4.69, 9.17) is 25.9 Å². The molecule has 2 aromatic rings. The van der Waals surface area contributed by atoms with Crippen LogP contribution >= 0.6 is 0 Å². The van der Waals surface area contributed by atoms with Gasteiger partial charge in [0.05, 0.1) is 0 Å². The molecule has 0 aliphatic carbocycles.